The summed E-state index contributed by atoms with van der Waals surface area (Å²) in [6, 6.07) is 10.7. The Labute approximate surface area is 146 Å². The van der Waals surface area contributed by atoms with Crippen LogP contribution in [-0.2, 0) is 10.1 Å². The molecule has 0 unspecified atom stereocenters. The maximum atomic E-state index is 12.4. The van der Waals surface area contributed by atoms with Gasteiger partial charge in [-0.2, -0.15) is 8.42 Å². The minimum absolute atomic E-state index is 0.0621. The second-order valence-corrected chi connectivity index (χ2v) is 8.10. The maximum Gasteiger partial charge on any atom is 0.339 e. The molecule has 0 aromatic heterocycles. The van der Waals surface area contributed by atoms with Crippen molar-refractivity contribution < 1.29 is 22.1 Å². The molecule has 1 aliphatic rings. The lowest BCUT2D eigenvalue weighted by Crippen LogP contribution is -2.39. The van der Waals surface area contributed by atoms with Crippen LogP contribution in [0.15, 0.2) is 47.4 Å². The van der Waals surface area contributed by atoms with Crippen molar-refractivity contribution in [2.24, 2.45) is 0 Å². The molecule has 3 rings (SSSR count). The van der Waals surface area contributed by atoms with Crippen molar-refractivity contribution in [3.63, 3.8) is 0 Å². The summed E-state index contributed by atoms with van der Waals surface area (Å²) >= 11 is 0. The van der Waals surface area contributed by atoms with Gasteiger partial charge in [-0.05, 0) is 45.0 Å². The summed E-state index contributed by atoms with van der Waals surface area (Å²) in [5.74, 6) is 0.106. The fourth-order valence-corrected chi connectivity index (χ4v) is 3.35. The zero-order chi connectivity index (χ0) is 18.2. The summed E-state index contributed by atoms with van der Waals surface area (Å²) in [7, 11) is -3.96. The van der Waals surface area contributed by atoms with Crippen molar-refractivity contribution in [3.8, 4) is 11.5 Å². The van der Waals surface area contributed by atoms with E-state index in [0.717, 1.165) is 5.56 Å². The molecular formula is C18H19NO5S. The highest BCUT2D eigenvalue weighted by molar-refractivity contribution is 7.87. The zero-order valence-corrected chi connectivity index (χ0v) is 15.0. The van der Waals surface area contributed by atoms with Crippen molar-refractivity contribution >= 4 is 16.0 Å². The van der Waals surface area contributed by atoms with Gasteiger partial charge in [0.25, 0.3) is 5.91 Å². The van der Waals surface area contributed by atoms with Crippen molar-refractivity contribution in [3.05, 3.63) is 53.6 Å². The summed E-state index contributed by atoms with van der Waals surface area (Å²) in [4.78, 5) is 12.2. The van der Waals surface area contributed by atoms with Gasteiger partial charge in [0.05, 0.1) is 12.1 Å². The summed E-state index contributed by atoms with van der Waals surface area (Å²) in [6.07, 6.45) is 0. The number of hydrogen-bond donors (Lipinski definition) is 1. The number of fused-ring (bicyclic) bond motifs is 1. The Morgan fingerprint density at radius 3 is 2.48 bits per heavy atom. The molecule has 0 radical (unpaired) electrons. The number of amides is 1. The van der Waals surface area contributed by atoms with Gasteiger partial charge >= 0.3 is 10.1 Å². The predicted octanol–water partition coefficient (Wildman–Crippen LogP) is 2.66. The fourth-order valence-electron chi connectivity index (χ4n) is 2.43. The number of carbonyl (C=O) groups is 1. The lowest BCUT2D eigenvalue weighted by molar-refractivity contribution is 0.0907. The van der Waals surface area contributed by atoms with E-state index in [0.29, 0.717) is 12.1 Å². The van der Waals surface area contributed by atoms with Gasteiger partial charge in [-0.15, -0.1) is 0 Å². The lowest BCUT2D eigenvalue weighted by atomic mass is 10.1. The van der Waals surface area contributed by atoms with E-state index < -0.39 is 15.7 Å². The van der Waals surface area contributed by atoms with Gasteiger partial charge in [0, 0.05) is 6.07 Å². The average molecular weight is 361 g/mol. The number of rotatable bonds is 3. The number of aryl methyl sites for hydroxylation is 1. The number of benzene rings is 2. The molecule has 25 heavy (non-hydrogen) atoms. The summed E-state index contributed by atoms with van der Waals surface area (Å²) in [5, 5.41) is 2.77. The Kier molecular flexibility index (Phi) is 4.20. The standard InChI is InChI=1S/C18H19NO5S/c1-12-4-7-14(8-5-12)25(21,22)24-13-6-9-15-16(10-13)23-18(2,3)11-19-17(15)20/h4-10H,11H2,1-3H3,(H,19,20). The largest absolute Gasteiger partial charge is 0.485 e. The van der Waals surface area contributed by atoms with Crippen LogP contribution in [0.2, 0.25) is 0 Å². The van der Waals surface area contributed by atoms with E-state index in [-0.39, 0.29) is 22.3 Å². The quantitative estimate of drug-likeness (QED) is 0.850. The van der Waals surface area contributed by atoms with Crippen LogP contribution in [0.25, 0.3) is 0 Å². The molecule has 132 valence electrons. The SMILES string of the molecule is Cc1ccc(S(=O)(=O)Oc2ccc3c(c2)OC(C)(C)CNC3=O)cc1. The molecule has 6 nitrogen and oxygen atoms in total. The molecule has 0 bridgehead atoms. The number of nitrogens with one attached hydrogen (secondary N) is 1. The second-order valence-electron chi connectivity index (χ2n) is 6.55. The highest BCUT2D eigenvalue weighted by Crippen LogP contribution is 2.31. The van der Waals surface area contributed by atoms with Gasteiger partial charge in [0.15, 0.2) is 0 Å². The van der Waals surface area contributed by atoms with E-state index in [1.807, 2.05) is 20.8 Å². The first kappa shape index (κ1) is 17.3. The second kappa shape index (κ2) is 6.07. The molecule has 1 N–H and O–H groups in total. The fraction of sp³-hybridized carbons (Fsp3) is 0.278. The van der Waals surface area contributed by atoms with E-state index in [4.69, 9.17) is 8.92 Å². The lowest BCUT2D eigenvalue weighted by Gasteiger charge is -2.24. The molecule has 0 atom stereocenters. The first-order chi connectivity index (χ1) is 11.7. The van der Waals surface area contributed by atoms with Gasteiger partial charge in [-0.1, -0.05) is 17.7 Å². The number of ether oxygens (including phenoxy) is 1. The van der Waals surface area contributed by atoms with Gasteiger partial charge in [0.2, 0.25) is 0 Å². The van der Waals surface area contributed by atoms with E-state index in [1.165, 1.54) is 30.3 Å². The molecular weight excluding hydrogens is 342 g/mol. The Balaban J connectivity index is 1.93. The van der Waals surface area contributed by atoms with Crippen LogP contribution in [0, 0.1) is 6.92 Å². The van der Waals surface area contributed by atoms with Crippen LogP contribution < -0.4 is 14.2 Å². The Morgan fingerprint density at radius 2 is 1.80 bits per heavy atom. The Morgan fingerprint density at radius 1 is 1.12 bits per heavy atom. The highest BCUT2D eigenvalue weighted by Gasteiger charge is 2.29. The molecule has 0 saturated heterocycles. The summed E-state index contributed by atoms with van der Waals surface area (Å²) in [6.45, 7) is 5.88. The van der Waals surface area contributed by atoms with Crippen LogP contribution in [0.4, 0.5) is 0 Å². The zero-order valence-electron chi connectivity index (χ0n) is 14.2. The first-order valence-corrected chi connectivity index (χ1v) is 9.20. The summed E-state index contributed by atoms with van der Waals surface area (Å²) < 4.78 is 35.8. The van der Waals surface area contributed by atoms with Crippen LogP contribution in [0.3, 0.4) is 0 Å². The van der Waals surface area contributed by atoms with E-state index >= 15 is 0 Å². The van der Waals surface area contributed by atoms with E-state index in [1.54, 1.807) is 12.1 Å². The molecule has 0 fully saturated rings. The average Bonchev–Trinajstić information content (AvgIpc) is 2.63. The maximum absolute atomic E-state index is 12.4. The smallest absolute Gasteiger partial charge is 0.339 e. The van der Waals surface area contributed by atoms with Crippen molar-refractivity contribution in [2.75, 3.05) is 6.54 Å². The number of carbonyl (C=O) groups excluding carboxylic acids is 1. The monoisotopic (exact) mass is 361 g/mol. The normalized spacial score (nSPS) is 16.2. The summed E-state index contributed by atoms with van der Waals surface area (Å²) in [5.41, 5.74) is 0.673. The van der Waals surface area contributed by atoms with Gasteiger partial charge in [-0.25, -0.2) is 0 Å². The number of hydrogen-bond acceptors (Lipinski definition) is 5. The molecule has 1 aliphatic heterocycles. The molecule has 1 amide bonds. The third-order valence-electron chi connectivity index (χ3n) is 3.77. The Hall–Kier alpha value is -2.54. The predicted molar refractivity (Wildman–Crippen MR) is 92.5 cm³/mol. The molecule has 0 saturated carbocycles. The van der Waals surface area contributed by atoms with Crippen molar-refractivity contribution in [2.45, 2.75) is 31.3 Å². The van der Waals surface area contributed by atoms with Crippen molar-refractivity contribution in [1.29, 1.82) is 0 Å². The van der Waals surface area contributed by atoms with Gasteiger partial charge in [-0.3, -0.25) is 4.79 Å². The van der Waals surface area contributed by atoms with E-state index in [9.17, 15) is 13.2 Å². The Bertz CT molecular complexity index is 917. The van der Waals surface area contributed by atoms with Crippen LogP contribution >= 0.6 is 0 Å². The first-order valence-electron chi connectivity index (χ1n) is 7.79. The third kappa shape index (κ3) is 3.76. The van der Waals surface area contributed by atoms with Gasteiger partial charge < -0.3 is 14.2 Å². The van der Waals surface area contributed by atoms with Crippen LogP contribution in [0.5, 0.6) is 11.5 Å². The van der Waals surface area contributed by atoms with Crippen LogP contribution in [-0.4, -0.2) is 26.5 Å². The highest BCUT2D eigenvalue weighted by atomic mass is 32.2. The van der Waals surface area contributed by atoms with Gasteiger partial charge in [0.1, 0.15) is 22.0 Å². The molecule has 1 heterocycles. The molecule has 0 spiro atoms. The molecule has 2 aromatic rings. The molecule has 0 aliphatic carbocycles. The minimum Gasteiger partial charge on any atom is -0.485 e. The third-order valence-corrected chi connectivity index (χ3v) is 5.04. The van der Waals surface area contributed by atoms with Crippen LogP contribution in [0.1, 0.15) is 29.8 Å². The molecule has 7 heteroatoms. The van der Waals surface area contributed by atoms with E-state index in [2.05, 4.69) is 5.32 Å². The molecule has 2 aromatic carbocycles. The topological polar surface area (TPSA) is 81.7 Å². The van der Waals surface area contributed by atoms with Crippen molar-refractivity contribution in [1.82, 2.24) is 5.32 Å². The minimum atomic E-state index is -3.96.